The van der Waals surface area contributed by atoms with Crippen molar-refractivity contribution in [1.29, 1.82) is 0 Å². The van der Waals surface area contributed by atoms with Crippen LogP contribution in [0.3, 0.4) is 0 Å². The van der Waals surface area contributed by atoms with Gasteiger partial charge in [0.2, 0.25) is 5.91 Å². The van der Waals surface area contributed by atoms with Gasteiger partial charge in [0, 0.05) is 24.6 Å². The molecule has 8 heteroatoms. The van der Waals surface area contributed by atoms with Crippen LogP contribution in [-0.4, -0.2) is 36.2 Å². The van der Waals surface area contributed by atoms with Crippen LogP contribution in [0.5, 0.6) is 0 Å². The molecule has 0 aromatic heterocycles. The molecular weight excluding hydrogens is 451 g/mol. The van der Waals surface area contributed by atoms with Crippen LogP contribution in [0.25, 0.3) is 11.1 Å². The Kier molecular flexibility index (Phi) is 7.10. The Bertz CT molecular complexity index is 1230. The van der Waals surface area contributed by atoms with E-state index in [1.807, 2.05) is 36.4 Å². The second kappa shape index (κ2) is 10.4. The van der Waals surface area contributed by atoms with Gasteiger partial charge >= 0.3 is 12.1 Å². The molecule has 180 valence electrons. The van der Waals surface area contributed by atoms with Crippen molar-refractivity contribution in [2.24, 2.45) is 5.92 Å². The Morgan fingerprint density at radius 1 is 1.00 bits per heavy atom. The van der Waals surface area contributed by atoms with Crippen LogP contribution in [0.15, 0.2) is 66.7 Å². The highest BCUT2D eigenvalue weighted by atomic mass is 19.1. The number of benzene rings is 3. The number of ether oxygens (including phenoxy) is 1. The minimum absolute atomic E-state index is 0.0391. The molecule has 3 N–H and O–H groups in total. The minimum Gasteiger partial charge on any atom is -0.478 e. The van der Waals surface area contributed by atoms with Crippen LogP contribution in [0.4, 0.5) is 14.9 Å². The molecule has 1 aliphatic rings. The normalized spacial score (nSPS) is 12.9. The monoisotopic (exact) mass is 476 g/mol. The molecule has 0 saturated heterocycles. The van der Waals surface area contributed by atoms with Crippen molar-refractivity contribution < 1.29 is 28.6 Å². The molecule has 35 heavy (non-hydrogen) atoms. The fourth-order valence-corrected chi connectivity index (χ4v) is 4.27. The van der Waals surface area contributed by atoms with Crippen LogP contribution in [0.2, 0.25) is 0 Å². The lowest BCUT2D eigenvalue weighted by atomic mass is 9.98. The predicted molar refractivity (Wildman–Crippen MR) is 129 cm³/mol. The summed E-state index contributed by atoms with van der Waals surface area (Å²) in [5, 5.41) is 14.2. The van der Waals surface area contributed by atoms with E-state index in [1.54, 1.807) is 6.92 Å². The average Bonchev–Trinajstić information content (AvgIpc) is 3.16. The number of carboxylic acid groups (broad SMARTS) is 1. The summed E-state index contributed by atoms with van der Waals surface area (Å²) >= 11 is 0. The highest BCUT2D eigenvalue weighted by Gasteiger charge is 2.29. The molecule has 1 unspecified atom stereocenters. The second-order valence-corrected chi connectivity index (χ2v) is 8.56. The second-order valence-electron chi connectivity index (χ2n) is 8.56. The zero-order valence-electron chi connectivity index (χ0n) is 19.1. The van der Waals surface area contributed by atoms with Crippen LogP contribution < -0.4 is 10.6 Å². The van der Waals surface area contributed by atoms with Crippen molar-refractivity contribution in [2.45, 2.75) is 19.3 Å². The first kappa shape index (κ1) is 23.9. The Labute approximate surface area is 201 Å². The Morgan fingerprint density at radius 3 is 2.26 bits per heavy atom. The van der Waals surface area contributed by atoms with E-state index in [4.69, 9.17) is 9.84 Å². The van der Waals surface area contributed by atoms with E-state index >= 15 is 0 Å². The first-order chi connectivity index (χ1) is 16.8. The summed E-state index contributed by atoms with van der Waals surface area (Å²) in [6.45, 7) is 2.20. The lowest BCUT2D eigenvalue weighted by Gasteiger charge is -2.16. The fourth-order valence-electron chi connectivity index (χ4n) is 4.27. The van der Waals surface area contributed by atoms with Gasteiger partial charge in [-0.15, -0.1) is 0 Å². The smallest absolute Gasteiger partial charge is 0.407 e. The maximum Gasteiger partial charge on any atom is 0.407 e. The quantitative estimate of drug-likeness (QED) is 0.423. The molecule has 3 aromatic carbocycles. The van der Waals surface area contributed by atoms with Gasteiger partial charge in [0.05, 0.1) is 5.56 Å². The summed E-state index contributed by atoms with van der Waals surface area (Å²) in [6.07, 6.45) is -0.493. The third-order valence-corrected chi connectivity index (χ3v) is 5.95. The minimum atomic E-state index is -1.42. The van der Waals surface area contributed by atoms with Gasteiger partial charge in [-0.1, -0.05) is 55.5 Å². The zero-order chi connectivity index (χ0) is 24.9. The highest BCUT2D eigenvalue weighted by molar-refractivity contribution is 5.94. The van der Waals surface area contributed by atoms with Crippen LogP contribution in [-0.2, 0) is 9.53 Å². The molecule has 0 bridgehead atoms. The van der Waals surface area contributed by atoms with E-state index < -0.39 is 23.4 Å². The number of rotatable bonds is 8. The SMILES string of the molecule is CC(CNC(=O)OCC1c2ccccc2-c2ccccc21)CC(=O)Nc1ccc(F)c(C(=O)O)c1. The number of hydrogen-bond donors (Lipinski definition) is 3. The first-order valence-corrected chi connectivity index (χ1v) is 11.2. The average molecular weight is 477 g/mol. The molecule has 0 fully saturated rings. The maximum absolute atomic E-state index is 13.5. The standard InChI is InChI=1S/C27H25FN2O5/c1-16(12-25(31)30-17-10-11-24(28)22(13-17)26(32)33)14-29-27(34)35-15-23-20-8-4-2-6-18(20)19-7-3-5-9-21(19)23/h2-11,13,16,23H,12,14-15H2,1H3,(H,29,34)(H,30,31)(H,32,33). The van der Waals surface area contributed by atoms with E-state index in [0.29, 0.717) is 0 Å². The van der Waals surface area contributed by atoms with Gasteiger partial charge in [-0.25, -0.2) is 14.0 Å². The van der Waals surface area contributed by atoms with E-state index in [0.717, 1.165) is 34.4 Å². The fraction of sp³-hybridized carbons (Fsp3) is 0.222. The van der Waals surface area contributed by atoms with Crippen molar-refractivity contribution in [3.05, 3.63) is 89.2 Å². The molecule has 7 nitrogen and oxygen atoms in total. The summed E-state index contributed by atoms with van der Waals surface area (Å²) < 4.78 is 19.0. The predicted octanol–water partition coefficient (Wildman–Crippen LogP) is 5.03. The van der Waals surface area contributed by atoms with Crippen LogP contribution >= 0.6 is 0 Å². The molecule has 0 saturated carbocycles. The van der Waals surface area contributed by atoms with Gasteiger partial charge in [-0.2, -0.15) is 0 Å². The lowest BCUT2D eigenvalue weighted by Crippen LogP contribution is -2.31. The van der Waals surface area contributed by atoms with E-state index in [2.05, 4.69) is 22.8 Å². The number of hydrogen-bond acceptors (Lipinski definition) is 4. The number of anilines is 1. The van der Waals surface area contributed by atoms with Crippen molar-refractivity contribution in [2.75, 3.05) is 18.5 Å². The number of aromatic carboxylic acids is 1. The van der Waals surface area contributed by atoms with Crippen molar-refractivity contribution in [1.82, 2.24) is 5.32 Å². The maximum atomic E-state index is 13.5. The van der Waals surface area contributed by atoms with Gasteiger partial charge in [0.25, 0.3) is 0 Å². The van der Waals surface area contributed by atoms with E-state index in [1.165, 1.54) is 6.07 Å². The number of alkyl carbamates (subject to hydrolysis) is 1. The Balaban J connectivity index is 1.25. The first-order valence-electron chi connectivity index (χ1n) is 11.2. The molecule has 3 aromatic rings. The van der Waals surface area contributed by atoms with E-state index in [-0.39, 0.29) is 43.0 Å². The number of carbonyl (C=O) groups excluding carboxylic acids is 2. The Hall–Kier alpha value is -4.20. The number of fused-ring (bicyclic) bond motifs is 3. The Morgan fingerprint density at radius 2 is 1.63 bits per heavy atom. The third kappa shape index (κ3) is 5.48. The number of nitrogens with one attached hydrogen (secondary N) is 2. The molecule has 0 radical (unpaired) electrons. The topological polar surface area (TPSA) is 105 Å². The highest BCUT2D eigenvalue weighted by Crippen LogP contribution is 2.44. The van der Waals surface area contributed by atoms with Crippen LogP contribution in [0, 0.1) is 11.7 Å². The van der Waals surface area contributed by atoms with Gasteiger partial charge in [0.1, 0.15) is 12.4 Å². The van der Waals surface area contributed by atoms with Crippen molar-refractivity contribution >= 4 is 23.7 Å². The van der Waals surface area contributed by atoms with Crippen LogP contribution in [0.1, 0.15) is 40.7 Å². The molecule has 1 aliphatic carbocycles. The molecule has 2 amide bonds. The zero-order valence-corrected chi connectivity index (χ0v) is 19.1. The van der Waals surface area contributed by atoms with Gasteiger partial charge in [-0.05, 0) is 46.4 Å². The number of carboxylic acids is 1. The molecule has 0 heterocycles. The molecule has 4 rings (SSSR count). The van der Waals surface area contributed by atoms with Gasteiger partial charge < -0.3 is 20.5 Å². The van der Waals surface area contributed by atoms with Crippen molar-refractivity contribution in [3.63, 3.8) is 0 Å². The molecule has 1 atom stereocenters. The number of amides is 2. The molecular formula is C27H25FN2O5. The van der Waals surface area contributed by atoms with E-state index in [9.17, 15) is 18.8 Å². The summed E-state index contributed by atoms with van der Waals surface area (Å²) in [4.78, 5) is 35.6. The summed E-state index contributed by atoms with van der Waals surface area (Å²) in [5.74, 6) is -2.93. The largest absolute Gasteiger partial charge is 0.478 e. The summed E-state index contributed by atoms with van der Waals surface area (Å²) in [6, 6.07) is 19.5. The number of halogens is 1. The van der Waals surface area contributed by atoms with Gasteiger partial charge in [0.15, 0.2) is 0 Å². The summed E-state index contributed by atoms with van der Waals surface area (Å²) in [5.41, 5.74) is 4.21. The third-order valence-electron chi connectivity index (χ3n) is 5.95. The molecule has 0 aliphatic heterocycles. The summed E-state index contributed by atoms with van der Waals surface area (Å²) in [7, 11) is 0. The van der Waals surface area contributed by atoms with Crippen molar-refractivity contribution in [3.8, 4) is 11.1 Å². The number of carbonyl (C=O) groups is 3. The molecule has 0 spiro atoms. The van der Waals surface area contributed by atoms with Gasteiger partial charge in [-0.3, -0.25) is 4.79 Å². The lowest BCUT2D eigenvalue weighted by molar-refractivity contribution is -0.116.